The van der Waals surface area contributed by atoms with E-state index in [1.54, 1.807) is 0 Å². The van der Waals surface area contributed by atoms with Crippen LogP contribution in [0.25, 0.3) is 55.0 Å². The highest BCUT2D eigenvalue weighted by Gasteiger charge is 2.41. The number of fused-ring (bicyclic) bond motifs is 11. The van der Waals surface area contributed by atoms with Crippen LogP contribution in [0.5, 0.6) is 0 Å². The van der Waals surface area contributed by atoms with Crippen LogP contribution in [0.15, 0.2) is 84.9 Å². The average Bonchev–Trinajstić information content (AvgIpc) is 3.48. The lowest BCUT2D eigenvalue weighted by molar-refractivity contribution is 0.590. The molecule has 0 atom stereocenters. The third kappa shape index (κ3) is 2.87. The fourth-order valence-corrected chi connectivity index (χ4v) is 8.05. The highest BCUT2D eigenvalue weighted by Crippen LogP contribution is 2.42. The maximum Gasteiger partial charge on any atom is 0.252 e. The lowest BCUT2D eigenvalue weighted by Gasteiger charge is -2.34. The van der Waals surface area contributed by atoms with Gasteiger partial charge >= 0.3 is 0 Å². The van der Waals surface area contributed by atoms with Crippen LogP contribution in [0, 0.1) is 6.92 Å². The summed E-state index contributed by atoms with van der Waals surface area (Å²) >= 11 is 0. The normalized spacial score (nSPS) is 14.0. The summed E-state index contributed by atoms with van der Waals surface area (Å²) in [5.41, 5.74) is 16.5. The zero-order chi connectivity index (χ0) is 28.9. The first-order valence-corrected chi connectivity index (χ1v) is 15.3. The first kappa shape index (κ1) is 24.4. The monoisotopic (exact) mass is 542 g/mol. The predicted octanol–water partition coefficient (Wildman–Crippen LogP) is 7.93. The van der Waals surface area contributed by atoms with Gasteiger partial charge in [0.25, 0.3) is 6.71 Å². The van der Waals surface area contributed by atoms with Gasteiger partial charge in [-0.15, -0.1) is 0 Å². The van der Waals surface area contributed by atoms with Crippen LogP contribution in [0.1, 0.15) is 58.2 Å². The van der Waals surface area contributed by atoms with Crippen LogP contribution in [-0.2, 0) is 10.8 Å². The fourth-order valence-electron chi connectivity index (χ4n) is 8.05. The maximum atomic E-state index is 2.60. The molecule has 204 valence electrons. The van der Waals surface area contributed by atoms with Crippen molar-refractivity contribution in [2.75, 3.05) is 0 Å². The number of para-hydroxylation sites is 2. The number of hydrogen-bond acceptors (Lipinski definition) is 0. The van der Waals surface area contributed by atoms with E-state index in [1.807, 2.05) is 0 Å². The van der Waals surface area contributed by atoms with Crippen molar-refractivity contribution >= 4 is 66.7 Å². The predicted molar refractivity (Wildman–Crippen MR) is 182 cm³/mol. The molecule has 2 aliphatic heterocycles. The summed E-state index contributed by atoms with van der Waals surface area (Å²) in [6.45, 7) is 16.5. The lowest BCUT2D eigenvalue weighted by atomic mass is 9.34. The molecule has 0 amide bonds. The molecule has 2 aromatic heterocycles. The molecular formula is C39H35BN2. The highest BCUT2D eigenvalue weighted by atomic mass is 15.0. The van der Waals surface area contributed by atoms with Crippen molar-refractivity contribution in [2.45, 2.75) is 59.3 Å². The van der Waals surface area contributed by atoms with E-state index < -0.39 is 0 Å². The van der Waals surface area contributed by atoms with Gasteiger partial charge in [-0.05, 0) is 87.2 Å². The topological polar surface area (TPSA) is 9.86 Å². The standard InChI is InChI=1S/C39H35BN2/c1-22-18-33-35-37-34(22)25-12-8-10-14-30(25)41(37)32-15-11-9-13-28(32)40(35)29-21-24(39(5,6)7)20-27-26-19-23(38(2,3)4)16-17-31(26)42(33)36(27)29/h8-21H,1-7H3. The van der Waals surface area contributed by atoms with Gasteiger partial charge in [-0.25, -0.2) is 0 Å². The Morgan fingerprint density at radius 3 is 2.00 bits per heavy atom. The minimum absolute atomic E-state index is 0.0344. The van der Waals surface area contributed by atoms with E-state index in [9.17, 15) is 0 Å². The molecule has 0 unspecified atom stereocenters. The maximum absolute atomic E-state index is 2.60. The van der Waals surface area contributed by atoms with Crippen molar-refractivity contribution in [1.82, 2.24) is 9.13 Å². The molecular weight excluding hydrogens is 507 g/mol. The fraction of sp³-hybridized carbons (Fsp3) is 0.231. The van der Waals surface area contributed by atoms with Crippen molar-refractivity contribution in [3.05, 3.63) is 102 Å². The second-order valence-electron chi connectivity index (χ2n) is 14.7. The first-order chi connectivity index (χ1) is 20.0. The Morgan fingerprint density at radius 1 is 0.548 bits per heavy atom. The summed E-state index contributed by atoms with van der Waals surface area (Å²) in [6.07, 6.45) is 0. The van der Waals surface area contributed by atoms with Crippen LogP contribution < -0.4 is 16.4 Å². The van der Waals surface area contributed by atoms with Crippen LogP contribution in [0.2, 0.25) is 0 Å². The number of hydrogen-bond donors (Lipinski definition) is 0. The van der Waals surface area contributed by atoms with Crippen LogP contribution in [-0.4, -0.2) is 15.8 Å². The molecule has 0 saturated heterocycles. The molecule has 0 spiro atoms. The minimum Gasteiger partial charge on any atom is -0.310 e. The average molecular weight is 543 g/mol. The Kier molecular flexibility index (Phi) is 4.40. The zero-order valence-electron chi connectivity index (χ0n) is 25.6. The molecule has 4 heterocycles. The SMILES string of the molecule is Cc1cc2c3c4c1c1ccccc1n4-c1ccccc1B3c1cc(C(C)(C)C)cc3c4cc(C(C)(C)C)ccc4n-2c13. The van der Waals surface area contributed by atoms with Gasteiger partial charge in [-0.3, -0.25) is 0 Å². The third-order valence-corrected chi connectivity index (χ3v) is 10.1. The number of aryl methyl sites for hydroxylation is 1. The Hall–Kier alpha value is -4.24. The molecule has 3 heteroatoms. The van der Waals surface area contributed by atoms with Crippen molar-refractivity contribution in [3.8, 4) is 11.4 Å². The van der Waals surface area contributed by atoms with Crippen LogP contribution >= 0.6 is 0 Å². The van der Waals surface area contributed by atoms with E-state index in [0.717, 1.165) is 0 Å². The summed E-state index contributed by atoms with van der Waals surface area (Å²) < 4.78 is 5.16. The van der Waals surface area contributed by atoms with E-state index in [4.69, 9.17) is 0 Å². The molecule has 0 N–H and O–H groups in total. The van der Waals surface area contributed by atoms with E-state index >= 15 is 0 Å². The van der Waals surface area contributed by atoms with Gasteiger partial charge in [-0.2, -0.15) is 0 Å². The number of rotatable bonds is 0. The molecule has 9 rings (SSSR count). The summed E-state index contributed by atoms with van der Waals surface area (Å²) in [6, 6.07) is 32.8. The van der Waals surface area contributed by atoms with Crippen molar-refractivity contribution in [1.29, 1.82) is 0 Å². The first-order valence-electron chi connectivity index (χ1n) is 15.3. The van der Waals surface area contributed by atoms with Gasteiger partial charge in [0, 0.05) is 38.4 Å². The molecule has 0 aliphatic carbocycles. The van der Waals surface area contributed by atoms with Crippen molar-refractivity contribution < 1.29 is 0 Å². The summed E-state index contributed by atoms with van der Waals surface area (Å²) in [5, 5.41) is 5.48. The number of aromatic nitrogens is 2. The quantitative estimate of drug-likeness (QED) is 0.172. The second-order valence-corrected chi connectivity index (χ2v) is 14.7. The van der Waals surface area contributed by atoms with Gasteiger partial charge in [0.15, 0.2) is 0 Å². The van der Waals surface area contributed by atoms with Crippen molar-refractivity contribution in [3.63, 3.8) is 0 Å². The van der Waals surface area contributed by atoms with Gasteiger partial charge in [-0.1, -0.05) is 90.1 Å². The molecule has 42 heavy (non-hydrogen) atoms. The molecule has 0 fully saturated rings. The van der Waals surface area contributed by atoms with Gasteiger partial charge in [0.1, 0.15) is 0 Å². The highest BCUT2D eigenvalue weighted by molar-refractivity contribution is 7.00. The Morgan fingerprint density at radius 2 is 1.21 bits per heavy atom. The van der Waals surface area contributed by atoms with Crippen LogP contribution in [0.3, 0.4) is 0 Å². The zero-order valence-corrected chi connectivity index (χ0v) is 25.6. The second kappa shape index (κ2) is 7.58. The van der Waals surface area contributed by atoms with Crippen LogP contribution in [0.4, 0.5) is 0 Å². The number of benzene rings is 5. The Labute approximate surface area is 247 Å². The minimum atomic E-state index is 0.0344. The third-order valence-electron chi connectivity index (χ3n) is 10.1. The molecule has 2 aliphatic rings. The molecule has 0 bridgehead atoms. The summed E-state index contributed by atoms with van der Waals surface area (Å²) in [4.78, 5) is 0. The summed E-state index contributed by atoms with van der Waals surface area (Å²) in [7, 11) is 0. The molecule has 0 radical (unpaired) electrons. The van der Waals surface area contributed by atoms with E-state index in [2.05, 4.69) is 143 Å². The van der Waals surface area contributed by atoms with Crippen molar-refractivity contribution in [2.24, 2.45) is 0 Å². The summed E-state index contributed by atoms with van der Waals surface area (Å²) in [5.74, 6) is 0. The Bertz CT molecular complexity index is 2330. The van der Waals surface area contributed by atoms with Gasteiger partial charge in [0.2, 0.25) is 0 Å². The smallest absolute Gasteiger partial charge is 0.252 e. The van der Waals surface area contributed by atoms with Gasteiger partial charge < -0.3 is 9.13 Å². The van der Waals surface area contributed by atoms with E-state index in [-0.39, 0.29) is 17.5 Å². The molecule has 5 aromatic carbocycles. The molecule has 0 saturated carbocycles. The molecule has 2 nitrogen and oxygen atoms in total. The van der Waals surface area contributed by atoms with Gasteiger partial charge in [0.05, 0.1) is 16.6 Å². The molecule has 7 aromatic rings. The number of nitrogens with zero attached hydrogens (tertiary/aromatic N) is 2. The largest absolute Gasteiger partial charge is 0.310 e. The van der Waals surface area contributed by atoms with E-state index in [0.29, 0.717) is 0 Å². The van der Waals surface area contributed by atoms with E-state index in [1.165, 1.54) is 88.1 Å². The Balaban J connectivity index is 1.57. The lowest BCUT2D eigenvalue weighted by Crippen LogP contribution is -2.59.